The van der Waals surface area contributed by atoms with Crippen molar-refractivity contribution in [2.24, 2.45) is 5.41 Å². The van der Waals surface area contributed by atoms with Crippen LogP contribution in [-0.4, -0.2) is 36.5 Å². The first-order chi connectivity index (χ1) is 19.0. The predicted molar refractivity (Wildman–Crippen MR) is 152 cm³/mol. The fourth-order valence-corrected chi connectivity index (χ4v) is 7.60. The van der Waals surface area contributed by atoms with Crippen LogP contribution < -0.4 is 9.64 Å². The molecule has 1 fully saturated rings. The molecular weight excluding hydrogens is 530 g/mol. The highest BCUT2D eigenvalue weighted by Gasteiger charge is 2.71. The van der Waals surface area contributed by atoms with Crippen LogP contribution >= 0.6 is 22.9 Å². The van der Waals surface area contributed by atoms with Crippen molar-refractivity contribution in [2.75, 3.05) is 12.0 Å². The summed E-state index contributed by atoms with van der Waals surface area (Å²) in [6.07, 6.45) is 3.81. The third-order valence-corrected chi connectivity index (χ3v) is 9.37. The Kier molecular flexibility index (Phi) is 5.41. The number of halogens is 1. The number of ether oxygens (including phenoxy) is 1. The molecule has 4 aromatic rings. The third-order valence-electron chi connectivity index (χ3n) is 8.25. The molecule has 7 rings (SSSR count). The van der Waals surface area contributed by atoms with Crippen LogP contribution in [0.5, 0.6) is 5.75 Å². The van der Waals surface area contributed by atoms with E-state index in [-0.39, 0.29) is 17.3 Å². The van der Waals surface area contributed by atoms with Crippen molar-refractivity contribution in [3.05, 3.63) is 122 Å². The zero-order valence-electron chi connectivity index (χ0n) is 20.8. The van der Waals surface area contributed by atoms with Gasteiger partial charge in [-0.25, -0.2) is 0 Å². The lowest BCUT2D eigenvalue weighted by molar-refractivity contribution is 0.0666. The lowest BCUT2D eigenvalue weighted by atomic mass is 9.64. The number of hydrogen-bond donors (Lipinski definition) is 0. The summed E-state index contributed by atoms with van der Waals surface area (Å²) in [7, 11) is 1.57. The van der Waals surface area contributed by atoms with E-state index in [9.17, 15) is 14.4 Å². The molecule has 7 heteroatoms. The van der Waals surface area contributed by atoms with Gasteiger partial charge in [0.25, 0.3) is 0 Å². The fraction of sp³-hybridized carbons (Fsp3) is 0.156. The number of carbonyl (C=O) groups excluding carboxylic acids is 3. The van der Waals surface area contributed by atoms with Crippen molar-refractivity contribution in [1.29, 1.82) is 0 Å². The maximum Gasteiger partial charge on any atom is 0.195 e. The number of carbonyl (C=O) groups is 3. The van der Waals surface area contributed by atoms with Gasteiger partial charge in [-0.15, -0.1) is 11.3 Å². The predicted octanol–water partition coefficient (Wildman–Crippen LogP) is 6.73. The average Bonchev–Trinajstić information content (AvgIpc) is 3.66. The van der Waals surface area contributed by atoms with Crippen LogP contribution in [0.1, 0.15) is 47.4 Å². The van der Waals surface area contributed by atoms with Gasteiger partial charge in [-0.2, -0.15) is 0 Å². The second-order valence-electron chi connectivity index (χ2n) is 10.0. The highest BCUT2D eigenvalue weighted by Crippen LogP contribution is 2.61. The molecule has 0 radical (unpaired) electrons. The van der Waals surface area contributed by atoms with Gasteiger partial charge in [0.1, 0.15) is 17.2 Å². The Labute approximate surface area is 234 Å². The van der Waals surface area contributed by atoms with Crippen molar-refractivity contribution < 1.29 is 19.1 Å². The number of rotatable bonds is 4. The quantitative estimate of drug-likeness (QED) is 0.208. The first kappa shape index (κ1) is 24.1. The van der Waals surface area contributed by atoms with E-state index in [4.69, 9.17) is 16.3 Å². The van der Waals surface area contributed by atoms with Crippen molar-refractivity contribution in [2.45, 2.75) is 18.0 Å². The Hall–Kier alpha value is -4.00. The molecule has 2 aliphatic heterocycles. The molecule has 3 aliphatic rings. The van der Waals surface area contributed by atoms with Gasteiger partial charge < -0.3 is 9.64 Å². The molecule has 3 heterocycles. The van der Waals surface area contributed by atoms with Gasteiger partial charge in [0, 0.05) is 27.8 Å². The summed E-state index contributed by atoms with van der Waals surface area (Å²) in [6.45, 7) is 0. The zero-order valence-corrected chi connectivity index (χ0v) is 22.4. The Morgan fingerprint density at radius 2 is 1.72 bits per heavy atom. The van der Waals surface area contributed by atoms with Crippen LogP contribution in [0, 0.1) is 5.41 Å². The maximum atomic E-state index is 14.6. The summed E-state index contributed by atoms with van der Waals surface area (Å²) in [5, 5.41) is 2.43. The lowest BCUT2D eigenvalue weighted by Crippen LogP contribution is -2.48. The van der Waals surface area contributed by atoms with Crippen molar-refractivity contribution in [1.82, 2.24) is 0 Å². The molecule has 1 aromatic heterocycles. The first-order valence-corrected chi connectivity index (χ1v) is 13.9. The van der Waals surface area contributed by atoms with Crippen LogP contribution in [-0.2, 0) is 0 Å². The first-order valence-electron chi connectivity index (χ1n) is 12.6. The Morgan fingerprint density at radius 1 is 0.949 bits per heavy atom. The van der Waals surface area contributed by atoms with Crippen molar-refractivity contribution in [3.8, 4) is 5.75 Å². The molecule has 192 valence electrons. The topological polar surface area (TPSA) is 63.7 Å². The Bertz CT molecular complexity index is 1670. The number of hydrogen-bond acceptors (Lipinski definition) is 6. The average molecular weight is 552 g/mol. The van der Waals surface area contributed by atoms with E-state index in [1.54, 1.807) is 43.5 Å². The van der Waals surface area contributed by atoms with E-state index in [2.05, 4.69) is 0 Å². The number of anilines is 1. The minimum absolute atomic E-state index is 0.132. The molecular formula is C32H22ClNO4S. The minimum atomic E-state index is -1.54. The molecule has 39 heavy (non-hydrogen) atoms. The Morgan fingerprint density at radius 3 is 2.41 bits per heavy atom. The summed E-state index contributed by atoms with van der Waals surface area (Å²) < 4.78 is 5.54. The van der Waals surface area contributed by atoms with Gasteiger partial charge in [-0.3, -0.25) is 14.4 Å². The molecule has 3 atom stereocenters. The summed E-state index contributed by atoms with van der Waals surface area (Å²) in [4.78, 5) is 46.2. The number of nitrogens with zero attached hydrogens (tertiary/aromatic N) is 1. The van der Waals surface area contributed by atoms with E-state index >= 15 is 0 Å². The van der Waals surface area contributed by atoms with Gasteiger partial charge in [0.15, 0.2) is 17.3 Å². The number of benzene rings is 3. The largest absolute Gasteiger partial charge is 0.497 e. The van der Waals surface area contributed by atoms with Gasteiger partial charge in [-0.05, 0) is 52.9 Å². The number of methoxy groups -OCH3 is 1. The van der Waals surface area contributed by atoms with Crippen LogP contribution in [0.2, 0.25) is 5.02 Å². The second-order valence-corrected chi connectivity index (χ2v) is 11.4. The smallest absolute Gasteiger partial charge is 0.195 e. The van der Waals surface area contributed by atoms with Crippen LogP contribution in [0.3, 0.4) is 0 Å². The van der Waals surface area contributed by atoms with E-state index in [0.717, 1.165) is 11.3 Å². The molecule has 3 aromatic carbocycles. The maximum absolute atomic E-state index is 14.6. The number of thiophene rings is 1. The number of fused-ring (bicyclic) bond motifs is 5. The number of ketones is 3. The standard InChI is InChI=1S/C32H22ClNO4S/c1-38-21-7-4-6-19(17-21)27-28(29(35)25-10-5-15-39-25)34-24-13-12-20(33)16-18(24)11-14-26(34)32(27)30(36)22-8-2-3-9-23(22)31(32)37/h2-17,26-28H,1H3/t26-,27+,28-/m1/s1. The molecule has 0 unspecified atom stereocenters. The summed E-state index contributed by atoms with van der Waals surface area (Å²) >= 11 is 7.70. The molecule has 1 saturated heterocycles. The van der Waals surface area contributed by atoms with E-state index < -0.39 is 23.4 Å². The second kappa shape index (κ2) is 8.76. The van der Waals surface area contributed by atoms with Gasteiger partial charge in [0.05, 0.1) is 18.0 Å². The highest BCUT2D eigenvalue weighted by molar-refractivity contribution is 7.12. The van der Waals surface area contributed by atoms with Crippen LogP contribution in [0.15, 0.2) is 90.3 Å². The molecule has 0 N–H and O–H groups in total. The normalized spacial score (nSPS) is 22.1. The lowest BCUT2D eigenvalue weighted by Gasteiger charge is -2.37. The molecule has 0 amide bonds. The fourth-order valence-electron chi connectivity index (χ4n) is 6.72. The highest BCUT2D eigenvalue weighted by atomic mass is 35.5. The van der Waals surface area contributed by atoms with Gasteiger partial charge in [0.2, 0.25) is 0 Å². The van der Waals surface area contributed by atoms with Gasteiger partial charge in [-0.1, -0.05) is 66.2 Å². The SMILES string of the molecule is COc1cccc([C@H]2[C@H](C(=O)c3cccs3)N3c4ccc(Cl)cc4C=C[C@@H]3C23C(=O)c2ccccc2C3=O)c1. The number of Topliss-reactive ketones (excluding diaryl/α,β-unsaturated/α-hetero) is 3. The van der Waals surface area contributed by atoms with Crippen molar-refractivity contribution in [3.63, 3.8) is 0 Å². The summed E-state index contributed by atoms with van der Waals surface area (Å²) in [5.41, 5.74) is 1.56. The van der Waals surface area contributed by atoms with E-state index in [1.165, 1.54) is 11.3 Å². The van der Waals surface area contributed by atoms with Crippen molar-refractivity contribution >= 4 is 52.1 Å². The molecule has 1 spiro atoms. The molecule has 5 nitrogen and oxygen atoms in total. The van der Waals surface area contributed by atoms with Crippen LogP contribution in [0.25, 0.3) is 6.08 Å². The third kappa shape index (κ3) is 3.22. The minimum Gasteiger partial charge on any atom is -0.497 e. The zero-order chi connectivity index (χ0) is 26.9. The summed E-state index contributed by atoms with van der Waals surface area (Å²) in [6, 6.07) is 22.0. The van der Waals surface area contributed by atoms with E-state index in [0.29, 0.717) is 32.3 Å². The molecule has 0 saturated carbocycles. The van der Waals surface area contributed by atoms with Crippen LogP contribution in [0.4, 0.5) is 5.69 Å². The molecule has 1 aliphatic carbocycles. The van der Waals surface area contributed by atoms with Gasteiger partial charge >= 0.3 is 0 Å². The summed E-state index contributed by atoms with van der Waals surface area (Å²) in [5.74, 6) is -0.824. The molecule has 0 bridgehead atoms. The Balaban J connectivity index is 1.56. The monoisotopic (exact) mass is 551 g/mol. The van der Waals surface area contributed by atoms with E-state index in [1.807, 2.05) is 64.9 Å².